The van der Waals surface area contributed by atoms with Crippen molar-refractivity contribution in [2.75, 3.05) is 31.7 Å². The molecular formula is C31H56N4O10S. The highest BCUT2D eigenvalue weighted by Gasteiger charge is 2.34. The van der Waals surface area contributed by atoms with E-state index >= 15 is 0 Å². The molecule has 0 aromatic heterocycles. The number of methoxy groups -OCH3 is 1. The molecule has 15 heteroatoms. The van der Waals surface area contributed by atoms with E-state index in [0.717, 1.165) is 7.11 Å². The SMILES string of the molecule is CCCCS(=O)(=O)C[C@@H](CCCCN)C(=O)N[C@H](C(=O)C[C@@H](C)C(=O)N[C@@H](CCCCN)C(=O)C[C@@H](C)C(=O)C(=O)OC)[C@@H](C)O. The summed E-state index contributed by atoms with van der Waals surface area (Å²) in [5, 5.41) is 15.5. The van der Waals surface area contributed by atoms with Crippen molar-refractivity contribution in [3.63, 3.8) is 0 Å². The summed E-state index contributed by atoms with van der Waals surface area (Å²) >= 11 is 0. The molecule has 266 valence electrons. The molecule has 0 aliphatic heterocycles. The Bertz CT molecular complexity index is 1110. The second-order valence-electron chi connectivity index (χ2n) is 12.0. The van der Waals surface area contributed by atoms with Crippen LogP contribution in [-0.2, 0) is 43.3 Å². The number of unbranched alkanes of at least 4 members (excludes halogenated alkanes) is 3. The first-order valence-corrected chi connectivity index (χ1v) is 17.9. The van der Waals surface area contributed by atoms with Crippen LogP contribution in [0.25, 0.3) is 0 Å². The first-order valence-electron chi connectivity index (χ1n) is 16.1. The Labute approximate surface area is 273 Å². The third-order valence-corrected chi connectivity index (χ3v) is 9.54. The van der Waals surface area contributed by atoms with E-state index in [1.165, 1.54) is 20.8 Å². The number of aliphatic hydroxyl groups excluding tert-OH is 1. The van der Waals surface area contributed by atoms with Gasteiger partial charge in [-0.3, -0.25) is 24.0 Å². The maximum absolute atomic E-state index is 13.2. The van der Waals surface area contributed by atoms with Crippen molar-refractivity contribution in [2.24, 2.45) is 29.2 Å². The Kier molecular flexibility index (Phi) is 21.4. The van der Waals surface area contributed by atoms with Crippen molar-refractivity contribution in [1.82, 2.24) is 10.6 Å². The third-order valence-electron chi connectivity index (χ3n) is 7.72. The van der Waals surface area contributed by atoms with Gasteiger partial charge in [0.1, 0.15) is 6.04 Å². The van der Waals surface area contributed by atoms with Crippen molar-refractivity contribution >= 4 is 45.0 Å². The van der Waals surface area contributed by atoms with Crippen LogP contribution < -0.4 is 22.1 Å². The van der Waals surface area contributed by atoms with Crippen molar-refractivity contribution in [2.45, 2.75) is 110 Å². The highest BCUT2D eigenvalue weighted by atomic mass is 32.2. The van der Waals surface area contributed by atoms with Gasteiger partial charge >= 0.3 is 5.97 Å². The number of amides is 2. The molecule has 0 unspecified atom stereocenters. The molecule has 0 saturated carbocycles. The van der Waals surface area contributed by atoms with Gasteiger partial charge in [-0.2, -0.15) is 0 Å². The highest BCUT2D eigenvalue weighted by Crippen LogP contribution is 2.17. The molecule has 0 heterocycles. The van der Waals surface area contributed by atoms with Crippen molar-refractivity contribution < 1.29 is 47.0 Å². The molecule has 0 aliphatic carbocycles. The lowest BCUT2D eigenvalue weighted by Gasteiger charge is -2.25. The van der Waals surface area contributed by atoms with Gasteiger partial charge in [0, 0.05) is 24.7 Å². The third kappa shape index (κ3) is 16.7. The smallest absolute Gasteiger partial charge is 0.374 e. The minimum Gasteiger partial charge on any atom is -0.463 e. The Morgan fingerprint density at radius 1 is 0.783 bits per heavy atom. The normalized spacial score (nSPS) is 15.5. The average Bonchev–Trinajstić information content (AvgIpc) is 3.00. The zero-order valence-electron chi connectivity index (χ0n) is 28.0. The summed E-state index contributed by atoms with van der Waals surface area (Å²) in [6, 6.07) is -2.40. The first-order chi connectivity index (χ1) is 21.5. The van der Waals surface area contributed by atoms with Gasteiger partial charge in [0.25, 0.3) is 0 Å². The minimum absolute atomic E-state index is 0.0637. The Morgan fingerprint density at radius 2 is 1.35 bits per heavy atom. The molecule has 46 heavy (non-hydrogen) atoms. The number of carbonyl (C=O) groups is 6. The molecule has 0 saturated heterocycles. The van der Waals surface area contributed by atoms with Crippen LogP contribution in [0.2, 0.25) is 0 Å². The van der Waals surface area contributed by atoms with E-state index in [1.54, 1.807) is 0 Å². The lowest BCUT2D eigenvalue weighted by atomic mass is 9.92. The van der Waals surface area contributed by atoms with Crippen LogP contribution >= 0.6 is 0 Å². The van der Waals surface area contributed by atoms with E-state index in [4.69, 9.17) is 11.5 Å². The fourth-order valence-electron chi connectivity index (χ4n) is 4.80. The van der Waals surface area contributed by atoms with Gasteiger partial charge in [-0.1, -0.05) is 33.6 Å². The van der Waals surface area contributed by atoms with Crippen LogP contribution in [0.4, 0.5) is 0 Å². The maximum atomic E-state index is 13.2. The van der Waals surface area contributed by atoms with Crippen molar-refractivity contribution in [1.29, 1.82) is 0 Å². The van der Waals surface area contributed by atoms with Gasteiger partial charge < -0.3 is 31.9 Å². The Hall–Kier alpha value is -2.75. The van der Waals surface area contributed by atoms with Gasteiger partial charge in [-0.25, -0.2) is 13.2 Å². The molecule has 7 N–H and O–H groups in total. The molecule has 0 aromatic carbocycles. The standard InChI is InChI=1S/C31H56N4O10S/c1-6-7-16-46(43,44)19-23(12-8-10-14-32)30(41)35-27(22(4)36)26(38)18-21(3)29(40)34-24(13-9-11-15-33)25(37)17-20(2)28(39)31(42)45-5/h20-24,27,36H,6-19,32-33H2,1-5H3,(H,34,40)(H,35,41)/t20-,21-,22-,23-,24+,27+/m1/s1. The van der Waals surface area contributed by atoms with Crippen molar-refractivity contribution in [3.05, 3.63) is 0 Å². The summed E-state index contributed by atoms with van der Waals surface area (Å²) in [5.74, 6) is -7.73. The predicted molar refractivity (Wildman–Crippen MR) is 173 cm³/mol. The summed E-state index contributed by atoms with van der Waals surface area (Å²) < 4.78 is 29.7. The van der Waals surface area contributed by atoms with Crippen LogP contribution in [0.15, 0.2) is 0 Å². The monoisotopic (exact) mass is 676 g/mol. The largest absolute Gasteiger partial charge is 0.463 e. The quantitative estimate of drug-likeness (QED) is 0.0474. The van der Waals surface area contributed by atoms with E-state index < -0.39 is 93.1 Å². The number of nitrogens with one attached hydrogen (secondary N) is 2. The average molecular weight is 677 g/mol. The molecule has 0 fully saturated rings. The number of Topliss-reactive ketones (excluding diaryl/α,β-unsaturated/α-hetero) is 3. The number of hydrogen-bond acceptors (Lipinski definition) is 12. The van der Waals surface area contributed by atoms with Gasteiger partial charge in [-0.05, 0) is 58.5 Å². The number of carbonyl (C=O) groups excluding carboxylic acids is 6. The molecule has 0 rings (SSSR count). The molecule has 0 spiro atoms. The maximum Gasteiger partial charge on any atom is 0.374 e. The molecule has 2 amide bonds. The van der Waals surface area contributed by atoms with Gasteiger partial charge in [-0.15, -0.1) is 0 Å². The van der Waals surface area contributed by atoms with Gasteiger partial charge in [0.05, 0.1) is 36.7 Å². The first kappa shape index (κ1) is 43.2. The predicted octanol–water partition coefficient (Wildman–Crippen LogP) is 0.359. The molecule has 0 aromatic rings. The lowest BCUT2D eigenvalue weighted by molar-refractivity contribution is -0.153. The van der Waals surface area contributed by atoms with E-state index in [1.807, 2.05) is 6.92 Å². The summed E-state index contributed by atoms with van der Waals surface area (Å²) in [5.41, 5.74) is 11.1. The van der Waals surface area contributed by atoms with E-state index in [2.05, 4.69) is 15.4 Å². The molecule has 0 aliphatic rings. The van der Waals surface area contributed by atoms with Crippen molar-refractivity contribution in [3.8, 4) is 0 Å². The van der Waals surface area contributed by atoms with Crippen LogP contribution in [0.3, 0.4) is 0 Å². The highest BCUT2D eigenvalue weighted by molar-refractivity contribution is 7.91. The molecule has 14 nitrogen and oxygen atoms in total. The van der Waals surface area contributed by atoms with Crippen LogP contribution in [0.5, 0.6) is 0 Å². The summed E-state index contributed by atoms with van der Waals surface area (Å²) in [6.45, 7) is 6.76. The van der Waals surface area contributed by atoms with Crippen LogP contribution in [-0.4, -0.2) is 98.6 Å². The number of nitrogens with two attached hydrogens (primary N) is 2. The van der Waals surface area contributed by atoms with Crippen LogP contribution in [0.1, 0.15) is 91.9 Å². The topological polar surface area (TPSA) is 242 Å². The number of rotatable bonds is 26. The van der Waals surface area contributed by atoms with E-state index in [-0.39, 0.29) is 25.0 Å². The van der Waals surface area contributed by atoms with Crippen LogP contribution in [0, 0.1) is 17.8 Å². The fourth-order valence-corrected chi connectivity index (χ4v) is 6.63. The fraction of sp³-hybridized carbons (Fsp3) is 0.806. The number of esters is 1. The second kappa shape index (κ2) is 22.7. The Morgan fingerprint density at radius 3 is 1.87 bits per heavy atom. The zero-order chi connectivity index (χ0) is 35.4. The summed E-state index contributed by atoms with van der Waals surface area (Å²) in [4.78, 5) is 76.3. The number of hydrogen-bond donors (Lipinski definition) is 5. The summed E-state index contributed by atoms with van der Waals surface area (Å²) in [7, 11) is -2.49. The minimum atomic E-state index is -3.55. The number of ether oxygens (including phenoxy) is 1. The molecular weight excluding hydrogens is 620 g/mol. The molecule has 0 bridgehead atoms. The lowest BCUT2D eigenvalue weighted by Crippen LogP contribution is -2.51. The van der Waals surface area contributed by atoms with E-state index in [0.29, 0.717) is 51.6 Å². The second-order valence-corrected chi connectivity index (χ2v) is 14.2. The van der Waals surface area contributed by atoms with E-state index in [9.17, 15) is 42.3 Å². The molecule has 0 radical (unpaired) electrons. The van der Waals surface area contributed by atoms with Gasteiger partial charge in [0.2, 0.25) is 17.6 Å². The van der Waals surface area contributed by atoms with Gasteiger partial charge in [0.15, 0.2) is 21.4 Å². The number of sulfone groups is 1. The number of aliphatic hydroxyl groups is 1. The summed E-state index contributed by atoms with van der Waals surface area (Å²) in [6.07, 6.45) is 1.70. The zero-order valence-corrected chi connectivity index (χ0v) is 28.9. The molecule has 6 atom stereocenters. The Balaban J connectivity index is 5.65. The number of ketones is 3.